The largest absolute Gasteiger partial charge is 2.00 e. The topological polar surface area (TPSA) is 0 Å². The molecule has 0 radical (unpaired) electrons. The van der Waals surface area contributed by atoms with E-state index in [4.69, 9.17) is 0 Å². The molecule has 1 aromatic carbocycles. The summed E-state index contributed by atoms with van der Waals surface area (Å²) in [6.07, 6.45) is 0. The summed E-state index contributed by atoms with van der Waals surface area (Å²) in [4.78, 5) is 0. The monoisotopic (exact) mass is 306 g/mol. The van der Waals surface area contributed by atoms with Gasteiger partial charge in [-0.2, -0.15) is 30.3 Å². The minimum absolute atomic E-state index is 0. The van der Waals surface area contributed by atoms with Crippen LogP contribution >= 0.6 is 15.9 Å². The zero-order valence-corrected chi connectivity index (χ0v) is 9.93. The predicted octanol–water partition coefficient (Wildman–Crippen LogP) is -1.13. The first-order chi connectivity index (χ1) is 3.39. The molecule has 0 heterocycles. The Labute approximate surface area is 96.7 Å². The van der Waals surface area contributed by atoms with E-state index in [0.717, 1.165) is 4.47 Å². The molecule has 0 bridgehead atoms. The molecule has 0 N–H and O–H groups in total. The summed E-state index contributed by atoms with van der Waals surface area (Å²) in [5.74, 6) is 0. The van der Waals surface area contributed by atoms with Crippen molar-refractivity contribution in [1.82, 2.24) is 0 Å². The van der Waals surface area contributed by atoms with Crippen molar-refractivity contribution >= 4 is 39.0 Å². The molecule has 9 heavy (non-hydrogen) atoms. The maximum atomic E-state index is 3.28. The van der Waals surface area contributed by atoms with Gasteiger partial charge in [-0.25, -0.2) is 0 Å². The Morgan fingerprint density at radius 3 is 2.33 bits per heavy atom. The van der Waals surface area contributed by atoms with Crippen LogP contribution in [0.25, 0.3) is 0 Å². The van der Waals surface area contributed by atoms with Crippen molar-refractivity contribution in [3.05, 3.63) is 34.8 Å². The number of hydrogen-bond donors (Lipinski definition) is 0. The maximum absolute atomic E-state index is 3.28. The van der Waals surface area contributed by atoms with Gasteiger partial charge in [0.15, 0.2) is 0 Å². The quantitative estimate of drug-likeness (QED) is 0.323. The molecule has 44 valence electrons. The van der Waals surface area contributed by atoms with E-state index in [1.165, 1.54) is 0 Å². The Hall–Kier alpha value is 1.20. The van der Waals surface area contributed by atoms with Crippen LogP contribution < -0.4 is 24.0 Å². The van der Waals surface area contributed by atoms with Gasteiger partial charge in [-0.15, -0.1) is 15.9 Å². The number of hydrogen-bond acceptors (Lipinski definition) is 0. The zero-order chi connectivity index (χ0) is 5.11. The van der Waals surface area contributed by atoms with Crippen LogP contribution in [0.1, 0.15) is 0 Å². The third-order valence-corrected chi connectivity index (χ3v) is 1.16. The Balaban J connectivity index is 0. The van der Waals surface area contributed by atoms with Crippen LogP contribution in [0.4, 0.5) is 0 Å². The normalized spacial score (nSPS) is 6.78. The maximum Gasteiger partial charge on any atom is 2.00 e. The molecule has 0 saturated carbocycles. The predicted molar refractivity (Wildman–Crippen MR) is 38.7 cm³/mol. The fourth-order valence-corrected chi connectivity index (χ4v) is 0.656. The van der Waals surface area contributed by atoms with Gasteiger partial charge in [0, 0.05) is 0 Å². The fraction of sp³-hybridized carbons (Fsp3) is 0. The molecule has 0 saturated heterocycles. The summed E-state index contributed by atoms with van der Waals surface area (Å²) in [5, 5.41) is 0. The standard InChI is InChI=1S/C6H4Br.HI.Mg/c7-6-4-2-1-3-5-6;;/h1-2,4-5H;1H;/q-1;;+2/p-1. The Kier molecular flexibility index (Phi) is 10.4. The van der Waals surface area contributed by atoms with E-state index in [0.29, 0.717) is 0 Å². The van der Waals surface area contributed by atoms with E-state index in [1.807, 2.05) is 24.3 Å². The van der Waals surface area contributed by atoms with Gasteiger partial charge in [-0.05, 0) is 0 Å². The summed E-state index contributed by atoms with van der Waals surface area (Å²) < 4.78 is 1.08. The van der Waals surface area contributed by atoms with Crippen molar-refractivity contribution in [3.8, 4) is 0 Å². The molecule has 0 nitrogen and oxygen atoms in total. The molecule has 0 atom stereocenters. The van der Waals surface area contributed by atoms with Gasteiger partial charge in [-0.1, -0.05) is 4.47 Å². The van der Waals surface area contributed by atoms with Gasteiger partial charge in [-0.3, -0.25) is 0 Å². The van der Waals surface area contributed by atoms with Gasteiger partial charge in [0.2, 0.25) is 0 Å². The molecular weight excluding hydrogens is 303 g/mol. The number of benzene rings is 1. The SMILES string of the molecule is Brc1c[c-]ccc1.[I-].[Mg+2]. The first kappa shape index (κ1) is 12.8. The molecule has 0 aliphatic carbocycles. The second-order valence-electron chi connectivity index (χ2n) is 1.22. The van der Waals surface area contributed by atoms with E-state index in [9.17, 15) is 0 Å². The molecule has 0 aliphatic heterocycles. The van der Waals surface area contributed by atoms with Crippen LogP contribution in [0.2, 0.25) is 0 Å². The summed E-state index contributed by atoms with van der Waals surface area (Å²) in [6, 6.07) is 10.6. The minimum atomic E-state index is 0. The molecule has 0 unspecified atom stereocenters. The van der Waals surface area contributed by atoms with Crippen molar-refractivity contribution in [2.24, 2.45) is 0 Å². The zero-order valence-electron chi connectivity index (χ0n) is 4.77. The summed E-state index contributed by atoms with van der Waals surface area (Å²) in [6.45, 7) is 0. The van der Waals surface area contributed by atoms with E-state index in [-0.39, 0.29) is 47.0 Å². The summed E-state index contributed by atoms with van der Waals surface area (Å²) in [7, 11) is 0. The van der Waals surface area contributed by atoms with Gasteiger partial charge < -0.3 is 24.0 Å². The molecule has 0 aliphatic rings. The molecule has 0 aromatic heterocycles. The smallest absolute Gasteiger partial charge is 1.00 e. The van der Waals surface area contributed by atoms with E-state index in [1.54, 1.807) is 0 Å². The molecular formula is C6H4BrIMg. The summed E-state index contributed by atoms with van der Waals surface area (Å²) >= 11 is 3.28. The summed E-state index contributed by atoms with van der Waals surface area (Å²) in [5.41, 5.74) is 0. The second-order valence-corrected chi connectivity index (χ2v) is 2.14. The number of halogens is 2. The number of rotatable bonds is 0. The minimum Gasteiger partial charge on any atom is -1.00 e. The van der Waals surface area contributed by atoms with Gasteiger partial charge in [0.1, 0.15) is 0 Å². The van der Waals surface area contributed by atoms with Gasteiger partial charge in [0.05, 0.1) is 0 Å². The van der Waals surface area contributed by atoms with E-state index in [2.05, 4.69) is 22.0 Å². The van der Waals surface area contributed by atoms with Crippen molar-refractivity contribution in [2.45, 2.75) is 0 Å². The Morgan fingerprint density at radius 2 is 2.11 bits per heavy atom. The van der Waals surface area contributed by atoms with E-state index < -0.39 is 0 Å². The van der Waals surface area contributed by atoms with Crippen LogP contribution in [0.3, 0.4) is 0 Å². The molecule has 0 spiro atoms. The van der Waals surface area contributed by atoms with Gasteiger partial charge in [0.25, 0.3) is 0 Å². The van der Waals surface area contributed by atoms with Crippen LogP contribution in [-0.4, -0.2) is 23.1 Å². The Morgan fingerprint density at radius 1 is 1.44 bits per heavy atom. The van der Waals surface area contributed by atoms with Crippen molar-refractivity contribution < 1.29 is 24.0 Å². The fourth-order valence-electron chi connectivity index (χ4n) is 0.371. The van der Waals surface area contributed by atoms with Crippen LogP contribution in [-0.2, 0) is 0 Å². The molecule has 1 rings (SSSR count). The average Bonchev–Trinajstić information content (AvgIpc) is 1.69. The average molecular weight is 307 g/mol. The molecule has 0 fully saturated rings. The van der Waals surface area contributed by atoms with Crippen molar-refractivity contribution in [2.75, 3.05) is 0 Å². The molecule has 1 aromatic rings. The first-order valence-electron chi connectivity index (χ1n) is 2.01. The molecule has 0 amide bonds. The first-order valence-corrected chi connectivity index (χ1v) is 2.80. The van der Waals surface area contributed by atoms with Crippen molar-refractivity contribution in [1.29, 1.82) is 0 Å². The van der Waals surface area contributed by atoms with Crippen molar-refractivity contribution in [3.63, 3.8) is 0 Å². The second kappa shape index (κ2) is 7.30. The third kappa shape index (κ3) is 5.63. The molecule has 3 heteroatoms. The third-order valence-electron chi connectivity index (χ3n) is 0.669. The van der Waals surface area contributed by atoms with Crippen LogP contribution in [0, 0.1) is 6.07 Å². The van der Waals surface area contributed by atoms with Crippen LogP contribution in [0.5, 0.6) is 0 Å². The van der Waals surface area contributed by atoms with E-state index >= 15 is 0 Å². The Bertz CT molecular complexity index is 143. The van der Waals surface area contributed by atoms with Crippen LogP contribution in [0.15, 0.2) is 28.7 Å². The van der Waals surface area contributed by atoms with Gasteiger partial charge >= 0.3 is 23.1 Å².